The van der Waals surface area contributed by atoms with Crippen LogP contribution in [0.15, 0.2) is 126 Å². The molecule has 0 radical (unpaired) electrons. The maximum atomic E-state index is 15.0. The summed E-state index contributed by atoms with van der Waals surface area (Å²) in [6.45, 7) is 18.3. The second-order valence-corrected chi connectivity index (χ2v) is 48.8. The van der Waals surface area contributed by atoms with Crippen molar-refractivity contribution >= 4 is 170 Å². The van der Waals surface area contributed by atoms with E-state index in [0.29, 0.717) is 175 Å². The second-order valence-electron chi connectivity index (χ2n) is 38.4. The summed E-state index contributed by atoms with van der Waals surface area (Å²) < 4.78 is 220. The predicted octanol–water partition coefficient (Wildman–Crippen LogP) is 18.8. The van der Waals surface area contributed by atoms with Crippen LogP contribution in [0.5, 0.6) is 11.5 Å². The monoisotopic (exact) mass is 2220 g/mol. The average Bonchev–Trinajstić information content (AvgIpc) is 1.63. The number of ether oxygens (including phenoxy) is 2. The minimum Gasteiger partial charge on any atom is -0.497 e. The lowest BCUT2D eigenvalue weighted by Crippen LogP contribution is -2.34. The molecule has 4 aliphatic carbocycles. The average molecular weight is 2230 g/mol. The van der Waals surface area contributed by atoms with Gasteiger partial charge in [-0.05, 0) is 256 Å². The number of aryl methyl sites for hydroxylation is 5. The molecule has 4 N–H and O–H groups in total. The van der Waals surface area contributed by atoms with E-state index in [-0.39, 0.29) is 52.2 Å². The maximum absolute atomic E-state index is 15.0. The first kappa shape index (κ1) is 106. The number of nitrogens with one attached hydrogen (secondary N) is 4. The van der Waals surface area contributed by atoms with Gasteiger partial charge in [-0.15, -0.1) is 13.2 Å². The smallest absolute Gasteiger partial charge is 0.497 e. The molecule has 8 aliphatic rings. The minimum atomic E-state index is -4.77. The van der Waals surface area contributed by atoms with E-state index in [1.165, 1.54) is 77.9 Å². The molecule has 145 heavy (non-hydrogen) atoms. The van der Waals surface area contributed by atoms with Gasteiger partial charge in [-0.1, -0.05) is 68.4 Å². The van der Waals surface area contributed by atoms with Crippen molar-refractivity contribution in [1.82, 2.24) is 77.6 Å². The number of aromatic nitrogens is 8. The Balaban J connectivity index is 0.000000133. The lowest BCUT2D eigenvalue weighted by atomic mass is 10.0. The molecule has 0 spiro atoms. The summed E-state index contributed by atoms with van der Waals surface area (Å²) in [4.78, 5) is 59.3. The van der Waals surface area contributed by atoms with Crippen LogP contribution in [0.25, 0.3) is 43.6 Å². The van der Waals surface area contributed by atoms with Crippen molar-refractivity contribution in [3.05, 3.63) is 242 Å². The summed E-state index contributed by atoms with van der Waals surface area (Å²) >= 11 is 28.0. The first-order valence-electron chi connectivity index (χ1n) is 47.6. The molecular weight excluding hydrogens is 2120 g/mol. The van der Waals surface area contributed by atoms with Crippen LogP contribution in [0.2, 0.25) is 20.1 Å². The van der Waals surface area contributed by atoms with Crippen LogP contribution < -0.4 is 28.4 Å². The van der Waals surface area contributed by atoms with Crippen molar-refractivity contribution < 1.29 is 93.1 Å². The number of hydrogen-bond acceptors (Lipinski definition) is 22. The molecule has 0 unspecified atom stereocenters. The van der Waals surface area contributed by atoms with Crippen molar-refractivity contribution in [1.29, 1.82) is 0 Å². The molecule has 4 aliphatic heterocycles. The van der Waals surface area contributed by atoms with Gasteiger partial charge in [0.05, 0.1) is 119 Å². The fraction of sp³-hybridized carbons (Fsp3) is 0.434. The molecule has 8 aromatic carbocycles. The number of halogens is 12. The number of fused-ring (bicyclic) bond motifs is 4. The van der Waals surface area contributed by atoms with Crippen molar-refractivity contribution in [2.75, 3.05) is 59.5 Å². The molecule has 0 atom stereocenters. The molecule has 4 aromatic heterocycles. The van der Waals surface area contributed by atoms with Crippen LogP contribution in [-0.2, 0) is 66.3 Å². The third-order valence-corrected chi connectivity index (χ3v) is 36.5. The van der Waals surface area contributed by atoms with Gasteiger partial charge in [-0.25, -0.2) is 70.1 Å². The van der Waals surface area contributed by atoms with Gasteiger partial charge in [0.25, 0.3) is 23.6 Å². The van der Waals surface area contributed by atoms with Crippen LogP contribution in [0.4, 0.5) is 30.7 Å². The Morgan fingerprint density at radius 2 is 0.648 bits per heavy atom. The molecule has 8 fully saturated rings. The Kier molecular flexibility index (Phi) is 31.7. The summed E-state index contributed by atoms with van der Waals surface area (Å²) in [5.41, 5.74) is 8.91. The van der Waals surface area contributed by atoms with Gasteiger partial charge >= 0.3 is 6.36 Å². The molecule has 774 valence electrons. The topological polar surface area (TPSA) is 356 Å². The number of methoxy groups -OCH3 is 1. The largest absolute Gasteiger partial charge is 0.573 e. The van der Waals surface area contributed by atoms with Crippen molar-refractivity contribution in [3.63, 3.8) is 0 Å². The van der Waals surface area contributed by atoms with Gasteiger partial charge in [0, 0.05) is 149 Å². The highest BCUT2D eigenvalue weighted by molar-refractivity contribution is 9.10. The molecule has 46 heteroatoms. The van der Waals surface area contributed by atoms with Gasteiger partial charge in [0.15, 0.2) is 0 Å². The number of hydrogen-bond donors (Lipinski definition) is 4. The van der Waals surface area contributed by atoms with E-state index in [2.05, 4.69) is 67.6 Å². The maximum Gasteiger partial charge on any atom is 0.573 e. The number of piperidine rings is 4. The van der Waals surface area contributed by atoms with E-state index >= 15 is 4.39 Å². The summed E-state index contributed by atoms with van der Waals surface area (Å²) in [7, 11) is -13.5. The lowest BCUT2D eigenvalue weighted by Gasteiger charge is -2.32. The zero-order valence-corrected chi connectivity index (χ0v) is 87.6. The zero-order valence-electron chi connectivity index (χ0n) is 79.7. The lowest BCUT2D eigenvalue weighted by molar-refractivity contribution is -0.274. The van der Waals surface area contributed by atoms with Gasteiger partial charge in [0.2, 0.25) is 40.1 Å². The number of nitrogens with zero attached hydrogens (tertiary/aromatic N) is 12. The van der Waals surface area contributed by atoms with Crippen molar-refractivity contribution in [2.24, 2.45) is 0 Å². The van der Waals surface area contributed by atoms with Crippen LogP contribution in [0, 0.1) is 57.9 Å². The van der Waals surface area contributed by atoms with Gasteiger partial charge in [-0.2, -0.15) is 20.4 Å². The molecule has 8 heterocycles. The Labute approximate surface area is 862 Å². The molecule has 30 nitrogen and oxygen atoms in total. The summed E-state index contributed by atoms with van der Waals surface area (Å²) in [6, 6.07) is 32.2. The van der Waals surface area contributed by atoms with E-state index in [1.54, 1.807) is 44.7 Å². The number of amides is 4. The number of rotatable bonds is 26. The van der Waals surface area contributed by atoms with Crippen LogP contribution in [0.1, 0.15) is 219 Å². The fourth-order valence-electron chi connectivity index (χ4n) is 19.1. The molecule has 4 saturated heterocycles. The van der Waals surface area contributed by atoms with Gasteiger partial charge in [0.1, 0.15) is 34.8 Å². The Morgan fingerprint density at radius 1 is 0.359 bits per heavy atom. The van der Waals surface area contributed by atoms with Crippen LogP contribution in [-0.4, -0.2) is 203 Å². The van der Waals surface area contributed by atoms with E-state index in [0.717, 1.165) is 119 Å². The van der Waals surface area contributed by atoms with Crippen molar-refractivity contribution in [3.8, 4) is 11.5 Å². The minimum absolute atomic E-state index is 0.0601. The van der Waals surface area contributed by atoms with Gasteiger partial charge in [-0.3, -0.25) is 57.5 Å². The standard InChI is InChI=1S/C25H25BrF4N4O4S.C25H28ClFN4O4S.C25H28ClFN4O3S.C24H25Cl2FN4O3S/c1-14-19-11-20(24(35)32-39(36,37)18-3-4-18)22(27)12-23(19)34(31-14)16-6-8-33(9-7-16)13-15-10-17(2-5-21(15)26)38-25(28,29)30;1-15-21-12-22(25(32)29-36(33,34)20-3-4-20)23(27)13-24(21)31(28-15)18-5-7-30(8-6-18)14-16-9-17(26)11-19(10-16)35-2;1-15-3-4-18(26)11-17(15)14-30-9-7-19(8-10-30)31-24-13-23(27)22(12-21(24)16(2)28-31)25(32)29-35(33,34)20-5-6-20;1-14-20-11-21(24(32)29-35(33,34)19-2-3-19)22(27)12-23(20)31(28-14)18-4-6-30(7-5-18)13-15-8-16(25)10-17(26)9-15/h2,5,10-12,16,18H,3-4,6-9,13H2,1H3,(H,32,35);9-13,18,20H,3-8,14H2,1-2H3,(H,29,32);3-4,11-13,19-20H,5-10,14H2,1-2H3,(H,29,32);8-12,18-19H,2-7,13H2,1H3,(H,29,32). The molecule has 4 amide bonds. The molecule has 12 aromatic rings. The summed E-state index contributed by atoms with van der Waals surface area (Å²) in [5, 5.41) is 21.3. The van der Waals surface area contributed by atoms with Crippen LogP contribution in [0.3, 0.4) is 0 Å². The van der Waals surface area contributed by atoms with Crippen molar-refractivity contribution in [2.45, 2.75) is 215 Å². The third-order valence-electron chi connectivity index (χ3n) is 27.6. The summed E-state index contributed by atoms with van der Waals surface area (Å²) in [6.07, 6.45) is 5.65. The van der Waals surface area contributed by atoms with E-state index < -0.39 is 114 Å². The molecular formula is C99H106BrCl4F7N16O14S4. The highest BCUT2D eigenvalue weighted by atomic mass is 79.9. The van der Waals surface area contributed by atoms with Gasteiger partial charge < -0.3 is 9.47 Å². The predicted molar refractivity (Wildman–Crippen MR) is 541 cm³/mol. The fourth-order valence-corrected chi connectivity index (χ4v) is 25.7. The number of carbonyl (C=O) groups is 4. The Hall–Kier alpha value is -10.1. The number of benzene rings is 8. The number of likely N-dealkylation sites (tertiary alicyclic amines) is 4. The normalized spacial score (nSPS) is 17.6. The van der Waals surface area contributed by atoms with E-state index in [4.69, 9.17) is 51.1 Å². The number of carbonyl (C=O) groups excluding carboxylic acids is 4. The quantitative estimate of drug-likeness (QED) is 0.0366. The molecule has 20 rings (SSSR count). The van der Waals surface area contributed by atoms with E-state index in [9.17, 15) is 79.2 Å². The third kappa shape index (κ3) is 25.4. The molecule has 4 saturated carbocycles. The second kappa shape index (κ2) is 43.2. The zero-order chi connectivity index (χ0) is 104. The highest BCUT2D eigenvalue weighted by Gasteiger charge is 2.43. The Bertz CT molecular complexity index is 7530. The first-order chi connectivity index (χ1) is 68.7. The highest BCUT2D eigenvalue weighted by Crippen LogP contribution is 2.41. The van der Waals surface area contributed by atoms with E-state index in [1.807, 2.05) is 82.3 Å². The number of alkyl halides is 3. The SMILES string of the molecule is COc1cc(Cl)cc(CN2CCC(n3nc(C)c4cc(C(=O)NS(=O)(=O)C5CC5)c(F)cc43)CC2)c1.Cc1ccc(Cl)cc1CN1CCC(n2nc(C)c3cc(C(=O)NS(=O)(=O)C4CC4)c(F)cc32)CC1.Cc1nn(C2CCN(Cc3cc(Cl)cc(Cl)c3)CC2)c2cc(F)c(C(=O)NS(=O)(=O)C3CC3)cc12.Cc1nn(C2CCN(Cc3cc(OC(F)(F)F)ccc3Br)CC2)c2cc(F)c(C(=O)NS(=O)(=O)C3CC3)cc12. The molecule has 0 bridgehead atoms. The summed E-state index contributed by atoms with van der Waals surface area (Å²) in [5.74, 6) is -6.51. The first-order valence-corrected chi connectivity index (χ1v) is 56.1. The van der Waals surface area contributed by atoms with Crippen LogP contribution >= 0.6 is 62.3 Å². The Morgan fingerprint density at radius 3 is 0.945 bits per heavy atom. The number of sulfonamides is 4.